The van der Waals surface area contributed by atoms with Crippen LogP contribution in [0.1, 0.15) is 15.4 Å². The Hall–Kier alpha value is -1.89. The molecule has 0 aliphatic rings. The first-order valence-electron chi connectivity index (χ1n) is 6.19. The van der Waals surface area contributed by atoms with Gasteiger partial charge in [0, 0.05) is 17.1 Å². The number of benzene rings is 1. The highest BCUT2D eigenvalue weighted by atomic mass is 35.5. The summed E-state index contributed by atoms with van der Waals surface area (Å²) >= 11 is 13.6. The van der Waals surface area contributed by atoms with Gasteiger partial charge in [0.2, 0.25) is 0 Å². The van der Waals surface area contributed by atoms with Crippen molar-refractivity contribution in [1.29, 1.82) is 0 Å². The summed E-state index contributed by atoms with van der Waals surface area (Å²) in [6.45, 7) is 0.399. The van der Waals surface area contributed by atoms with Gasteiger partial charge < -0.3 is 5.11 Å². The van der Waals surface area contributed by atoms with E-state index >= 15 is 0 Å². The van der Waals surface area contributed by atoms with Gasteiger partial charge >= 0.3 is 5.97 Å². The van der Waals surface area contributed by atoms with E-state index < -0.39 is 5.97 Å². The number of hydrogen-bond acceptors (Lipinski definition) is 4. The molecule has 8 heteroatoms. The van der Waals surface area contributed by atoms with E-state index in [0.717, 1.165) is 16.3 Å². The van der Waals surface area contributed by atoms with Crippen molar-refractivity contribution < 1.29 is 9.90 Å². The summed E-state index contributed by atoms with van der Waals surface area (Å²) < 4.78 is 1.53. The van der Waals surface area contributed by atoms with Gasteiger partial charge in [0.15, 0.2) is 0 Å². The Labute approximate surface area is 139 Å². The molecule has 0 spiro atoms. The number of carboxylic acids is 1. The van der Waals surface area contributed by atoms with Crippen LogP contribution in [0, 0.1) is 0 Å². The number of aromatic carboxylic acids is 1. The molecular weight excluding hydrogens is 345 g/mol. The smallest absolute Gasteiger partial charge is 0.338 e. The first-order chi connectivity index (χ1) is 10.5. The molecule has 0 fully saturated rings. The van der Waals surface area contributed by atoms with Crippen LogP contribution in [0.5, 0.6) is 0 Å². The van der Waals surface area contributed by atoms with Crippen LogP contribution in [0.2, 0.25) is 10.0 Å². The van der Waals surface area contributed by atoms with E-state index in [0.29, 0.717) is 16.6 Å². The third-order valence-electron chi connectivity index (χ3n) is 2.96. The number of carboxylic acid groups (broad SMARTS) is 1. The lowest BCUT2D eigenvalue weighted by Gasteiger charge is -2.02. The quantitative estimate of drug-likeness (QED) is 0.767. The van der Waals surface area contributed by atoms with Crippen molar-refractivity contribution in [1.82, 2.24) is 14.8 Å². The summed E-state index contributed by atoms with van der Waals surface area (Å²) in [4.78, 5) is 15.3. The lowest BCUT2D eigenvalue weighted by molar-refractivity contribution is 0.0697. The fourth-order valence-electron chi connectivity index (χ4n) is 1.91. The lowest BCUT2D eigenvalue weighted by atomic mass is 10.2. The fourth-order valence-corrected chi connectivity index (χ4v) is 3.09. The molecule has 1 aromatic carbocycles. The van der Waals surface area contributed by atoms with Crippen molar-refractivity contribution in [3.63, 3.8) is 0 Å². The largest absolute Gasteiger partial charge is 0.478 e. The van der Waals surface area contributed by atoms with Gasteiger partial charge in [-0.25, -0.2) is 9.78 Å². The molecule has 22 heavy (non-hydrogen) atoms. The van der Waals surface area contributed by atoms with Crippen molar-refractivity contribution >= 4 is 40.5 Å². The number of nitrogens with zero attached hydrogens (tertiary/aromatic N) is 3. The molecule has 2 heterocycles. The van der Waals surface area contributed by atoms with E-state index in [-0.39, 0.29) is 5.56 Å². The van der Waals surface area contributed by atoms with E-state index in [1.165, 1.54) is 28.4 Å². The fraction of sp³-hybridized carbons (Fsp3) is 0.0714. The molecule has 0 saturated heterocycles. The summed E-state index contributed by atoms with van der Waals surface area (Å²) in [6, 6.07) is 5.39. The van der Waals surface area contributed by atoms with Crippen LogP contribution in [0.25, 0.3) is 11.3 Å². The Morgan fingerprint density at radius 3 is 2.91 bits per heavy atom. The molecular formula is C14H9Cl2N3O2S. The molecule has 0 radical (unpaired) electrons. The van der Waals surface area contributed by atoms with Crippen LogP contribution in [0.3, 0.4) is 0 Å². The van der Waals surface area contributed by atoms with Gasteiger partial charge in [-0.1, -0.05) is 35.3 Å². The van der Waals surface area contributed by atoms with Gasteiger partial charge in [-0.15, -0.1) is 11.3 Å². The van der Waals surface area contributed by atoms with Crippen molar-refractivity contribution in [2.75, 3.05) is 0 Å². The monoisotopic (exact) mass is 353 g/mol. The van der Waals surface area contributed by atoms with Crippen LogP contribution >= 0.6 is 34.5 Å². The normalized spacial score (nSPS) is 10.8. The predicted octanol–water partition coefficient (Wildman–Crippen LogP) is 4.06. The first-order valence-corrected chi connectivity index (χ1v) is 7.82. The van der Waals surface area contributed by atoms with Crippen LogP contribution < -0.4 is 0 Å². The van der Waals surface area contributed by atoms with Crippen LogP contribution in [-0.2, 0) is 6.54 Å². The molecule has 0 aliphatic carbocycles. The highest BCUT2D eigenvalue weighted by Gasteiger charge is 2.12. The van der Waals surface area contributed by atoms with Crippen molar-refractivity contribution in [3.8, 4) is 11.3 Å². The number of carbonyl (C=O) groups is 1. The SMILES string of the molecule is O=C(O)c1cnn(Cc2nc(-c3cccc(Cl)c3Cl)cs2)c1. The van der Waals surface area contributed by atoms with Gasteiger partial charge in [-0.2, -0.15) is 5.10 Å². The highest BCUT2D eigenvalue weighted by Crippen LogP contribution is 2.33. The highest BCUT2D eigenvalue weighted by molar-refractivity contribution is 7.09. The molecule has 1 N–H and O–H groups in total. The van der Waals surface area contributed by atoms with Crippen LogP contribution in [0.15, 0.2) is 36.0 Å². The number of aromatic nitrogens is 3. The maximum atomic E-state index is 10.8. The van der Waals surface area contributed by atoms with Crippen LogP contribution in [0.4, 0.5) is 0 Å². The second-order valence-electron chi connectivity index (χ2n) is 4.46. The Bertz CT molecular complexity index is 844. The molecule has 0 amide bonds. The average molecular weight is 354 g/mol. The number of rotatable bonds is 4. The molecule has 3 rings (SSSR count). The Kier molecular flexibility index (Phi) is 4.15. The summed E-state index contributed by atoms with van der Waals surface area (Å²) in [5.41, 5.74) is 1.65. The lowest BCUT2D eigenvalue weighted by Crippen LogP contribution is -2.00. The van der Waals surface area contributed by atoms with E-state index in [4.69, 9.17) is 28.3 Å². The standard InChI is InChI=1S/C14H9Cl2N3O2S/c15-10-3-1-2-9(13(10)16)11-7-22-12(18-11)6-19-5-8(4-17-19)14(20)21/h1-5,7H,6H2,(H,20,21). The van der Waals surface area contributed by atoms with E-state index in [1.807, 2.05) is 17.5 Å². The maximum Gasteiger partial charge on any atom is 0.338 e. The average Bonchev–Trinajstić information content (AvgIpc) is 3.12. The van der Waals surface area contributed by atoms with Gasteiger partial charge in [0.05, 0.1) is 34.0 Å². The molecule has 0 saturated carbocycles. The van der Waals surface area contributed by atoms with E-state index in [2.05, 4.69) is 10.1 Å². The first kappa shape index (κ1) is 15.0. The van der Waals surface area contributed by atoms with E-state index in [1.54, 1.807) is 6.07 Å². The number of thiazole rings is 1. The minimum Gasteiger partial charge on any atom is -0.478 e. The molecule has 0 aliphatic heterocycles. The molecule has 0 unspecified atom stereocenters. The summed E-state index contributed by atoms with van der Waals surface area (Å²) in [5, 5.41) is 16.5. The third kappa shape index (κ3) is 2.99. The van der Waals surface area contributed by atoms with Gasteiger partial charge in [0.25, 0.3) is 0 Å². The Morgan fingerprint density at radius 1 is 1.36 bits per heavy atom. The molecule has 2 aromatic heterocycles. The zero-order valence-corrected chi connectivity index (χ0v) is 13.4. The second-order valence-corrected chi connectivity index (χ2v) is 6.19. The maximum absolute atomic E-state index is 10.8. The molecule has 112 valence electrons. The second kappa shape index (κ2) is 6.08. The van der Waals surface area contributed by atoms with Gasteiger partial charge in [-0.3, -0.25) is 4.68 Å². The minimum atomic E-state index is -1.00. The Morgan fingerprint density at radius 2 is 2.18 bits per heavy atom. The topological polar surface area (TPSA) is 68.0 Å². The van der Waals surface area contributed by atoms with Gasteiger partial charge in [-0.05, 0) is 6.07 Å². The van der Waals surface area contributed by atoms with Crippen molar-refractivity contribution in [2.24, 2.45) is 0 Å². The summed E-state index contributed by atoms with van der Waals surface area (Å²) in [5.74, 6) is -1.00. The Balaban J connectivity index is 1.84. The number of halogens is 2. The molecule has 5 nitrogen and oxygen atoms in total. The summed E-state index contributed by atoms with van der Waals surface area (Å²) in [7, 11) is 0. The van der Waals surface area contributed by atoms with Crippen LogP contribution in [-0.4, -0.2) is 25.8 Å². The summed E-state index contributed by atoms with van der Waals surface area (Å²) in [6.07, 6.45) is 2.78. The minimum absolute atomic E-state index is 0.148. The predicted molar refractivity (Wildman–Crippen MR) is 85.9 cm³/mol. The molecule has 3 aromatic rings. The molecule has 0 atom stereocenters. The third-order valence-corrected chi connectivity index (χ3v) is 4.61. The van der Waals surface area contributed by atoms with Gasteiger partial charge in [0.1, 0.15) is 5.01 Å². The van der Waals surface area contributed by atoms with Crippen molar-refractivity contribution in [3.05, 3.63) is 56.6 Å². The molecule has 0 bridgehead atoms. The van der Waals surface area contributed by atoms with Crippen molar-refractivity contribution in [2.45, 2.75) is 6.54 Å². The zero-order chi connectivity index (χ0) is 15.7. The van der Waals surface area contributed by atoms with E-state index in [9.17, 15) is 4.79 Å². The zero-order valence-electron chi connectivity index (χ0n) is 11.0. The number of hydrogen-bond donors (Lipinski definition) is 1.